The molecule has 3 N–H and O–H groups in total. The maximum atomic E-state index is 12.3. The topological polar surface area (TPSA) is 149 Å². The molecule has 11 heteroatoms. The van der Waals surface area contributed by atoms with Crippen molar-refractivity contribution in [3.8, 4) is 0 Å². The zero-order valence-electron chi connectivity index (χ0n) is 30.9. The molecule has 0 heterocycles. The number of phosphoric ester groups is 1. The molecule has 0 amide bonds. The van der Waals surface area contributed by atoms with Crippen LogP contribution in [-0.4, -0.2) is 65.7 Å². The first-order valence-electron chi connectivity index (χ1n) is 19.3. The number of unbranched alkanes of at least 4 members (excludes halogenated alkanes) is 18. The molecule has 0 radical (unpaired) electrons. The van der Waals surface area contributed by atoms with Crippen LogP contribution >= 0.6 is 7.82 Å². The minimum absolute atomic E-state index is 0.189. The first-order valence-corrected chi connectivity index (χ1v) is 20.8. The van der Waals surface area contributed by atoms with Crippen molar-refractivity contribution >= 4 is 19.8 Å². The lowest BCUT2D eigenvalue weighted by atomic mass is 10.1. The second kappa shape index (κ2) is 34.9. The summed E-state index contributed by atoms with van der Waals surface area (Å²) in [5.74, 6) is -1.03. The van der Waals surface area contributed by atoms with Gasteiger partial charge in [0.05, 0.1) is 26.4 Å². The fraction of sp³-hybridized carbons (Fsp3) is 0.842. The van der Waals surface area contributed by atoms with E-state index in [4.69, 9.17) is 18.5 Å². The van der Waals surface area contributed by atoms with Crippen LogP contribution in [0.3, 0.4) is 0 Å². The van der Waals surface area contributed by atoms with Crippen LogP contribution in [0.1, 0.15) is 168 Å². The van der Waals surface area contributed by atoms with Crippen LogP contribution in [0.4, 0.5) is 0 Å². The Labute approximate surface area is 298 Å². The van der Waals surface area contributed by atoms with E-state index in [0.717, 1.165) is 51.4 Å². The number of aliphatic hydroxyl groups excluding tert-OH is 2. The van der Waals surface area contributed by atoms with Crippen LogP contribution in [-0.2, 0) is 32.7 Å². The largest absolute Gasteiger partial charge is 0.472 e. The molecule has 3 unspecified atom stereocenters. The highest BCUT2D eigenvalue weighted by atomic mass is 31.2. The number of aliphatic hydroxyl groups is 2. The van der Waals surface area contributed by atoms with E-state index in [-0.39, 0.29) is 12.8 Å². The molecule has 0 aromatic heterocycles. The molecule has 0 aliphatic carbocycles. The van der Waals surface area contributed by atoms with Crippen molar-refractivity contribution in [1.82, 2.24) is 0 Å². The molecule has 0 spiro atoms. The summed E-state index contributed by atoms with van der Waals surface area (Å²) in [5.41, 5.74) is 0. The summed E-state index contributed by atoms with van der Waals surface area (Å²) < 4.78 is 32.3. The van der Waals surface area contributed by atoms with E-state index in [1.54, 1.807) is 0 Å². The minimum atomic E-state index is -4.62. The maximum absolute atomic E-state index is 12.3. The van der Waals surface area contributed by atoms with Gasteiger partial charge in [0.2, 0.25) is 0 Å². The van der Waals surface area contributed by atoms with Gasteiger partial charge in [0.25, 0.3) is 0 Å². The van der Waals surface area contributed by atoms with E-state index < -0.39 is 58.4 Å². The van der Waals surface area contributed by atoms with Crippen LogP contribution in [0.5, 0.6) is 0 Å². The Morgan fingerprint density at radius 1 is 0.551 bits per heavy atom. The lowest BCUT2D eigenvalue weighted by Gasteiger charge is -2.20. The minimum Gasteiger partial charge on any atom is -0.457 e. The molecule has 3 atom stereocenters. The summed E-state index contributed by atoms with van der Waals surface area (Å²) in [4.78, 5) is 34.2. The normalized spacial score (nSPS) is 14.3. The Morgan fingerprint density at radius 3 is 1.31 bits per heavy atom. The second-order valence-corrected chi connectivity index (χ2v) is 14.4. The van der Waals surface area contributed by atoms with Crippen LogP contribution in [0.15, 0.2) is 24.3 Å². The third kappa shape index (κ3) is 33.4. The molecule has 0 fully saturated rings. The summed E-state index contributed by atoms with van der Waals surface area (Å²) in [6.07, 6.45) is 31.8. The average Bonchev–Trinajstić information content (AvgIpc) is 3.09. The van der Waals surface area contributed by atoms with Gasteiger partial charge in [0.15, 0.2) is 0 Å². The lowest BCUT2D eigenvalue weighted by molar-refractivity contribution is -0.153. The van der Waals surface area contributed by atoms with E-state index >= 15 is 0 Å². The number of carbonyl (C=O) groups is 2. The van der Waals surface area contributed by atoms with Crippen LogP contribution in [0.25, 0.3) is 0 Å². The van der Waals surface area contributed by atoms with Crippen molar-refractivity contribution in [1.29, 1.82) is 0 Å². The van der Waals surface area contributed by atoms with Crippen molar-refractivity contribution < 1.29 is 47.8 Å². The quantitative estimate of drug-likeness (QED) is 0.0248. The Bertz CT molecular complexity index is 879. The molecule has 288 valence electrons. The fourth-order valence-corrected chi connectivity index (χ4v) is 5.93. The Kier molecular flexibility index (Phi) is 33.8. The zero-order chi connectivity index (χ0) is 36.3. The summed E-state index contributed by atoms with van der Waals surface area (Å²) in [7, 11) is -4.62. The summed E-state index contributed by atoms with van der Waals surface area (Å²) in [6, 6.07) is 0. The third-order valence-electron chi connectivity index (χ3n) is 8.17. The number of ether oxygens (including phenoxy) is 2. The van der Waals surface area contributed by atoms with Crippen LogP contribution < -0.4 is 0 Å². The van der Waals surface area contributed by atoms with Crippen molar-refractivity contribution in [3.05, 3.63) is 24.3 Å². The Balaban J connectivity index is 3.91. The Hall–Kier alpha value is -1.55. The molecule has 0 rings (SSSR count). The maximum Gasteiger partial charge on any atom is 0.472 e. The number of esters is 2. The van der Waals surface area contributed by atoms with Gasteiger partial charge in [-0.1, -0.05) is 134 Å². The van der Waals surface area contributed by atoms with E-state index in [1.165, 1.54) is 77.0 Å². The predicted octanol–water partition coefficient (Wildman–Crippen LogP) is 9.44. The van der Waals surface area contributed by atoms with E-state index in [2.05, 4.69) is 38.2 Å². The number of hydrogen-bond donors (Lipinski definition) is 3. The molecule has 0 aliphatic heterocycles. The number of hydrogen-bond acceptors (Lipinski definition) is 9. The summed E-state index contributed by atoms with van der Waals surface area (Å²) in [5, 5.41) is 19.0. The highest BCUT2D eigenvalue weighted by molar-refractivity contribution is 7.47. The molecular weight excluding hydrogens is 647 g/mol. The van der Waals surface area contributed by atoms with Crippen molar-refractivity contribution in [2.75, 3.05) is 26.4 Å². The van der Waals surface area contributed by atoms with E-state index in [9.17, 15) is 29.3 Å². The molecule has 0 aromatic carbocycles. The number of phosphoric acid groups is 1. The average molecular weight is 719 g/mol. The third-order valence-corrected chi connectivity index (χ3v) is 9.12. The standard InChI is InChI=1S/C38H71O10P/c1-3-5-7-9-11-12-13-14-15-16-17-18-19-20-21-22-24-26-28-30-38(42)48-36(32-40)34-46-49(43,44)45-33-35(31-39)47-37(41)29-27-25-23-10-8-6-4-2/h11-12,14-15,35-36,39-40H,3-10,13,16-34H2,1-2H3,(H,43,44)/b12-11-,15-14-. The Morgan fingerprint density at radius 2 is 0.898 bits per heavy atom. The summed E-state index contributed by atoms with van der Waals surface area (Å²) in [6.45, 7) is 2.11. The molecule has 0 aromatic rings. The van der Waals surface area contributed by atoms with E-state index in [0.29, 0.717) is 12.8 Å². The van der Waals surface area contributed by atoms with Gasteiger partial charge in [0, 0.05) is 12.8 Å². The van der Waals surface area contributed by atoms with E-state index in [1.807, 2.05) is 0 Å². The number of rotatable bonds is 36. The van der Waals surface area contributed by atoms with Crippen molar-refractivity contribution in [2.45, 2.75) is 180 Å². The van der Waals surface area contributed by atoms with Gasteiger partial charge >= 0.3 is 19.8 Å². The predicted molar refractivity (Wildman–Crippen MR) is 196 cm³/mol. The van der Waals surface area contributed by atoms with Crippen LogP contribution in [0.2, 0.25) is 0 Å². The molecule has 0 aliphatic rings. The van der Waals surface area contributed by atoms with Gasteiger partial charge in [-0.2, -0.15) is 0 Å². The summed E-state index contributed by atoms with van der Waals surface area (Å²) >= 11 is 0. The number of allylic oxidation sites excluding steroid dienone is 4. The molecule has 10 nitrogen and oxygen atoms in total. The zero-order valence-corrected chi connectivity index (χ0v) is 31.8. The highest BCUT2D eigenvalue weighted by Gasteiger charge is 2.27. The van der Waals surface area contributed by atoms with Crippen LogP contribution in [0, 0.1) is 0 Å². The molecule has 0 saturated heterocycles. The van der Waals surface area contributed by atoms with Crippen molar-refractivity contribution in [2.24, 2.45) is 0 Å². The van der Waals surface area contributed by atoms with Gasteiger partial charge in [-0.25, -0.2) is 4.57 Å². The first-order chi connectivity index (χ1) is 23.8. The molecule has 0 saturated carbocycles. The number of carbonyl (C=O) groups excluding carboxylic acids is 2. The van der Waals surface area contributed by atoms with Gasteiger partial charge in [-0.05, 0) is 44.9 Å². The van der Waals surface area contributed by atoms with Gasteiger partial charge in [-0.3, -0.25) is 18.6 Å². The first kappa shape index (κ1) is 47.4. The monoisotopic (exact) mass is 718 g/mol. The molecular formula is C38H71O10P. The smallest absolute Gasteiger partial charge is 0.457 e. The highest BCUT2D eigenvalue weighted by Crippen LogP contribution is 2.43. The fourth-order valence-electron chi connectivity index (χ4n) is 5.14. The van der Waals surface area contributed by atoms with Gasteiger partial charge < -0.3 is 24.6 Å². The SMILES string of the molecule is CCCCC/C=C\C/C=C\CCCCCCCCCCCC(=O)OC(CO)COP(=O)(O)OCC(CO)OC(=O)CCCCCCCCC. The lowest BCUT2D eigenvalue weighted by Crippen LogP contribution is -2.28. The molecule has 0 bridgehead atoms. The van der Waals surface area contributed by atoms with Gasteiger partial charge in [-0.15, -0.1) is 0 Å². The van der Waals surface area contributed by atoms with Gasteiger partial charge in [0.1, 0.15) is 12.2 Å². The van der Waals surface area contributed by atoms with Crippen molar-refractivity contribution in [3.63, 3.8) is 0 Å². The molecule has 49 heavy (non-hydrogen) atoms. The second-order valence-electron chi connectivity index (χ2n) is 12.9.